The molecule has 0 heterocycles. The Balaban J connectivity index is 2.71. The van der Waals surface area contributed by atoms with Crippen molar-refractivity contribution < 1.29 is 4.79 Å². The predicted octanol–water partition coefficient (Wildman–Crippen LogP) is 3.21. The zero-order valence-corrected chi connectivity index (χ0v) is 10.1. The first-order valence-corrected chi connectivity index (χ1v) is 5.57. The first-order valence-electron chi connectivity index (χ1n) is 5.57. The zero-order chi connectivity index (χ0) is 12.0. The number of hydrogen-bond donors (Lipinski definition) is 0. The van der Waals surface area contributed by atoms with Gasteiger partial charge in [-0.05, 0) is 43.5 Å². The second-order valence-corrected chi connectivity index (χ2v) is 4.02. The lowest BCUT2D eigenvalue weighted by molar-refractivity contribution is 0.112. The molecule has 0 aliphatic rings. The summed E-state index contributed by atoms with van der Waals surface area (Å²) in [5.74, 6) is 0. The van der Waals surface area contributed by atoms with E-state index in [2.05, 4.69) is 18.5 Å². The minimum absolute atomic E-state index is 0.737. The minimum Gasteiger partial charge on any atom is -0.374 e. The second kappa shape index (κ2) is 6.11. The molecule has 0 atom stereocenters. The highest BCUT2D eigenvalue weighted by Crippen LogP contribution is 2.19. The minimum atomic E-state index is 0.737. The molecular formula is C14H19NO. The molecule has 0 aliphatic heterocycles. The van der Waals surface area contributed by atoms with E-state index >= 15 is 0 Å². The molecule has 0 saturated heterocycles. The van der Waals surface area contributed by atoms with Crippen LogP contribution in [0.4, 0.5) is 5.69 Å². The number of carbonyl (C=O) groups is 1. The molecule has 2 nitrogen and oxygen atoms in total. The molecule has 1 aromatic carbocycles. The monoisotopic (exact) mass is 217 g/mol. The van der Waals surface area contributed by atoms with Crippen LogP contribution in [0.3, 0.4) is 0 Å². The third kappa shape index (κ3) is 3.23. The van der Waals surface area contributed by atoms with Crippen LogP contribution in [0.2, 0.25) is 0 Å². The van der Waals surface area contributed by atoms with Gasteiger partial charge in [-0.1, -0.05) is 6.08 Å². The van der Waals surface area contributed by atoms with Gasteiger partial charge in [0.15, 0.2) is 0 Å². The molecule has 0 amide bonds. The third-order valence-corrected chi connectivity index (χ3v) is 2.67. The molecule has 0 aromatic heterocycles. The molecule has 0 bridgehead atoms. The Morgan fingerprint density at radius 3 is 2.75 bits per heavy atom. The molecule has 0 radical (unpaired) electrons. The maximum absolute atomic E-state index is 10.6. The lowest BCUT2D eigenvalue weighted by Gasteiger charge is -2.21. The van der Waals surface area contributed by atoms with E-state index in [0.717, 1.165) is 36.8 Å². The summed E-state index contributed by atoms with van der Waals surface area (Å²) in [6.45, 7) is 6.75. The normalized spacial score (nSPS) is 9.88. The van der Waals surface area contributed by atoms with Crippen molar-refractivity contribution in [3.63, 3.8) is 0 Å². The topological polar surface area (TPSA) is 20.3 Å². The molecule has 86 valence electrons. The zero-order valence-electron chi connectivity index (χ0n) is 10.1. The van der Waals surface area contributed by atoms with Gasteiger partial charge in [-0.25, -0.2) is 0 Å². The van der Waals surface area contributed by atoms with Crippen LogP contribution in [0, 0.1) is 6.92 Å². The molecule has 0 N–H and O–H groups in total. The summed E-state index contributed by atoms with van der Waals surface area (Å²) in [6.07, 6.45) is 4.97. The number of hydrogen-bond acceptors (Lipinski definition) is 2. The van der Waals surface area contributed by atoms with Crippen LogP contribution in [0.5, 0.6) is 0 Å². The number of allylic oxidation sites excluding steroid dienone is 1. The Kier molecular flexibility index (Phi) is 4.77. The highest BCUT2D eigenvalue weighted by molar-refractivity contribution is 5.76. The van der Waals surface area contributed by atoms with Gasteiger partial charge in [0, 0.05) is 24.8 Å². The van der Waals surface area contributed by atoms with Crippen molar-refractivity contribution in [2.24, 2.45) is 0 Å². The predicted molar refractivity (Wildman–Crippen MR) is 69.3 cm³/mol. The van der Waals surface area contributed by atoms with Crippen molar-refractivity contribution in [2.75, 3.05) is 18.5 Å². The molecule has 0 aliphatic carbocycles. The SMILES string of the molecule is C=CCCCN(C)c1ccc(C=O)cc1C. The van der Waals surface area contributed by atoms with Crippen molar-refractivity contribution in [1.82, 2.24) is 0 Å². The van der Waals surface area contributed by atoms with E-state index in [4.69, 9.17) is 0 Å². The smallest absolute Gasteiger partial charge is 0.150 e. The van der Waals surface area contributed by atoms with E-state index in [1.54, 1.807) is 0 Å². The van der Waals surface area contributed by atoms with Crippen LogP contribution in [0.25, 0.3) is 0 Å². The number of aryl methyl sites for hydroxylation is 1. The molecule has 1 rings (SSSR count). The quantitative estimate of drug-likeness (QED) is 0.414. The summed E-state index contributed by atoms with van der Waals surface area (Å²) in [5.41, 5.74) is 3.07. The van der Waals surface area contributed by atoms with Gasteiger partial charge >= 0.3 is 0 Å². The van der Waals surface area contributed by atoms with Gasteiger partial charge < -0.3 is 4.90 Å². The van der Waals surface area contributed by atoms with E-state index in [-0.39, 0.29) is 0 Å². The summed E-state index contributed by atoms with van der Waals surface area (Å²) in [5, 5.41) is 0. The van der Waals surface area contributed by atoms with Crippen molar-refractivity contribution in [1.29, 1.82) is 0 Å². The number of nitrogens with zero attached hydrogens (tertiary/aromatic N) is 1. The number of benzene rings is 1. The van der Waals surface area contributed by atoms with Crippen molar-refractivity contribution in [2.45, 2.75) is 19.8 Å². The lowest BCUT2D eigenvalue weighted by atomic mass is 10.1. The van der Waals surface area contributed by atoms with E-state index < -0.39 is 0 Å². The Hall–Kier alpha value is -1.57. The van der Waals surface area contributed by atoms with Crippen LogP contribution in [-0.2, 0) is 0 Å². The van der Waals surface area contributed by atoms with Crippen molar-refractivity contribution in [3.05, 3.63) is 42.0 Å². The molecule has 16 heavy (non-hydrogen) atoms. The fourth-order valence-electron chi connectivity index (χ4n) is 1.77. The van der Waals surface area contributed by atoms with Crippen LogP contribution in [-0.4, -0.2) is 19.9 Å². The van der Waals surface area contributed by atoms with E-state index in [9.17, 15) is 4.79 Å². The maximum Gasteiger partial charge on any atom is 0.150 e. The second-order valence-electron chi connectivity index (χ2n) is 4.02. The highest BCUT2D eigenvalue weighted by Gasteiger charge is 2.04. The first-order chi connectivity index (χ1) is 7.69. The molecular weight excluding hydrogens is 198 g/mol. The molecule has 1 aromatic rings. The van der Waals surface area contributed by atoms with Gasteiger partial charge in [0.1, 0.15) is 6.29 Å². The van der Waals surface area contributed by atoms with Gasteiger partial charge in [-0.3, -0.25) is 4.79 Å². The molecule has 0 spiro atoms. The van der Waals surface area contributed by atoms with Crippen molar-refractivity contribution in [3.8, 4) is 0 Å². The Labute approximate surface area is 97.6 Å². The summed E-state index contributed by atoms with van der Waals surface area (Å²) in [6, 6.07) is 5.79. The van der Waals surface area contributed by atoms with Crippen LogP contribution >= 0.6 is 0 Å². The number of rotatable bonds is 6. The number of carbonyl (C=O) groups excluding carboxylic acids is 1. The molecule has 0 unspecified atom stereocenters. The van der Waals surface area contributed by atoms with Crippen LogP contribution in [0.15, 0.2) is 30.9 Å². The summed E-state index contributed by atoms with van der Waals surface area (Å²) in [7, 11) is 2.08. The Bertz CT molecular complexity index is 371. The fraction of sp³-hybridized carbons (Fsp3) is 0.357. The average molecular weight is 217 g/mol. The maximum atomic E-state index is 10.6. The number of anilines is 1. The molecule has 0 fully saturated rings. The van der Waals surface area contributed by atoms with Gasteiger partial charge in [0.05, 0.1) is 0 Å². The van der Waals surface area contributed by atoms with E-state index in [1.165, 1.54) is 5.69 Å². The van der Waals surface area contributed by atoms with Gasteiger partial charge in [0.25, 0.3) is 0 Å². The molecule has 2 heteroatoms. The van der Waals surface area contributed by atoms with E-state index in [1.807, 2.05) is 31.2 Å². The molecule has 0 saturated carbocycles. The highest BCUT2D eigenvalue weighted by atomic mass is 16.1. The Morgan fingerprint density at radius 2 is 2.19 bits per heavy atom. The van der Waals surface area contributed by atoms with Gasteiger partial charge in [-0.15, -0.1) is 6.58 Å². The van der Waals surface area contributed by atoms with Gasteiger partial charge in [0.2, 0.25) is 0 Å². The van der Waals surface area contributed by atoms with Crippen LogP contribution in [0.1, 0.15) is 28.8 Å². The van der Waals surface area contributed by atoms with Gasteiger partial charge in [-0.2, -0.15) is 0 Å². The number of unbranched alkanes of at least 4 members (excludes halogenated alkanes) is 1. The lowest BCUT2D eigenvalue weighted by Crippen LogP contribution is -2.19. The summed E-state index contributed by atoms with van der Waals surface area (Å²) in [4.78, 5) is 12.8. The standard InChI is InChI=1S/C14H19NO/c1-4-5-6-9-15(3)14-8-7-13(11-16)10-12(14)2/h4,7-8,10-11H,1,5-6,9H2,2-3H3. The average Bonchev–Trinajstić information content (AvgIpc) is 2.29. The number of aldehydes is 1. The third-order valence-electron chi connectivity index (χ3n) is 2.67. The first kappa shape index (κ1) is 12.5. The summed E-state index contributed by atoms with van der Waals surface area (Å²) >= 11 is 0. The Morgan fingerprint density at radius 1 is 1.44 bits per heavy atom. The van der Waals surface area contributed by atoms with Crippen LogP contribution < -0.4 is 4.90 Å². The van der Waals surface area contributed by atoms with Crippen molar-refractivity contribution >= 4 is 12.0 Å². The van der Waals surface area contributed by atoms with E-state index in [0.29, 0.717) is 0 Å². The largest absolute Gasteiger partial charge is 0.374 e. The fourth-order valence-corrected chi connectivity index (χ4v) is 1.77. The summed E-state index contributed by atoms with van der Waals surface area (Å²) < 4.78 is 0.